The fraction of sp³-hybridized carbons (Fsp3) is 0.0769. The van der Waals surface area contributed by atoms with Crippen molar-refractivity contribution in [2.45, 2.75) is 6.18 Å². The van der Waals surface area contributed by atoms with Crippen LogP contribution in [0.15, 0.2) is 42.5 Å². The Morgan fingerprint density at radius 3 is 2.21 bits per heavy atom. The topological polar surface area (TPSA) is 38.0 Å². The second-order valence-corrected chi connectivity index (χ2v) is 3.90. The highest BCUT2D eigenvalue weighted by Gasteiger charge is 2.30. The van der Waals surface area contributed by atoms with E-state index in [9.17, 15) is 17.6 Å². The Morgan fingerprint density at radius 1 is 0.947 bits per heavy atom. The highest BCUT2D eigenvalue weighted by molar-refractivity contribution is 5.73. The minimum atomic E-state index is -4.45. The van der Waals surface area contributed by atoms with Crippen LogP contribution in [-0.2, 0) is 6.18 Å². The Bertz CT molecular complexity index is 593. The minimum Gasteiger partial charge on any atom is -0.397 e. The molecule has 0 aromatic heterocycles. The third-order valence-corrected chi connectivity index (χ3v) is 2.52. The maximum absolute atomic E-state index is 13.4. The van der Waals surface area contributed by atoms with Crippen molar-refractivity contribution in [1.29, 1.82) is 0 Å². The molecule has 0 aliphatic carbocycles. The number of alkyl halides is 3. The summed E-state index contributed by atoms with van der Waals surface area (Å²) in [6.07, 6.45) is -4.45. The normalized spacial score (nSPS) is 11.4. The van der Waals surface area contributed by atoms with Crippen molar-refractivity contribution in [2.24, 2.45) is 0 Å². The highest BCUT2D eigenvalue weighted by atomic mass is 19.4. The third kappa shape index (κ3) is 2.96. The van der Waals surface area contributed by atoms with Crippen LogP contribution in [0.2, 0.25) is 0 Å². The van der Waals surface area contributed by atoms with Crippen molar-refractivity contribution >= 4 is 17.1 Å². The molecule has 0 amide bonds. The van der Waals surface area contributed by atoms with E-state index in [1.165, 1.54) is 24.3 Å². The van der Waals surface area contributed by atoms with E-state index in [1.807, 2.05) is 0 Å². The minimum absolute atomic E-state index is 0.0990. The van der Waals surface area contributed by atoms with Gasteiger partial charge in [-0.05, 0) is 30.3 Å². The number of nitrogen functional groups attached to an aromatic ring is 1. The predicted octanol–water partition coefficient (Wildman–Crippen LogP) is 4.17. The average Bonchev–Trinajstić information content (AvgIpc) is 2.33. The zero-order valence-electron chi connectivity index (χ0n) is 9.63. The Hall–Kier alpha value is -2.24. The summed E-state index contributed by atoms with van der Waals surface area (Å²) in [5, 5.41) is 2.65. The monoisotopic (exact) mass is 270 g/mol. The van der Waals surface area contributed by atoms with Gasteiger partial charge in [-0.2, -0.15) is 13.2 Å². The molecule has 100 valence electrons. The molecule has 0 saturated heterocycles. The number of rotatable bonds is 2. The molecule has 0 spiro atoms. The fourth-order valence-corrected chi connectivity index (χ4v) is 1.56. The molecule has 0 aliphatic heterocycles. The Balaban J connectivity index is 2.30. The number of nitrogens with one attached hydrogen (secondary N) is 1. The van der Waals surface area contributed by atoms with Gasteiger partial charge in [-0.15, -0.1) is 0 Å². The maximum atomic E-state index is 13.4. The molecule has 0 atom stereocenters. The van der Waals surface area contributed by atoms with Crippen LogP contribution in [0.3, 0.4) is 0 Å². The first kappa shape index (κ1) is 13.2. The molecule has 0 unspecified atom stereocenters. The molecule has 2 rings (SSSR count). The van der Waals surface area contributed by atoms with Crippen LogP contribution in [0.4, 0.5) is 34.6 Å². The summed E-state index contributed by atoms with van der Waals surface area (Å²) in [5.41, 5.74) is 4.96. The molecule has 0 aliphatic rings. The van der Waals surface area contributed by atoms with Gasteiger partial charge in [-0.3, -0.25) is 0 Å². The largest absolute Gasteiger partial charge is 0.416 e. The van der Waals surface area contributed by atoms with Crippen molar-refractivity contribution in [1.82, 2.24) is 0 Å². The van der Waals surface area contributed by atoms with Gasteiger partial charge in [0.05, 0.1) is 22.6 Å². The summed E-state index contributed by atoms with van der Waals surface area (Å²) in [6.45, 7) is 0. The second kappa shape index (κ2) is 4.79. The van der Waals surface area contributed by atoms with E-state index in [0.29, 0.717) is 0 Å². The highest BCUT2D eigenvalue weighted by Crippen LogP contribution is 2.33. The van der Waals surface area contributed by atoms with Gasteiger partial charge in [-0.25, -0.2) is 4.39 Å². The van der Waals surface area contributed by atoms with E-state index in [1.54, 1.807) is 6.07 Å². The van der Waals surface area contributed by atoms with Crippen LogP contribution < -0.4 is 11.1 Å². The van der Waals surface area contributed by atoms with E-state index < -0.39 is 17.6 Å². The molecule has 6 heteroatoms. The standard InChI is InChI=1S/C13H10F4N2/c14-9-3-1-2-4-11(9)19-12-6-5-8(7-10(12)18)13(15,16)17/h1-7,19H,18H2. The fourth-order valence-electron chi connectivity index (χ4n) is 1.56. The number of halogens is 4. The van der Waals surface area contributed by atoms with Crippen LogP contribution in [0.25, 0.3) is 0 Å². The SMILES string of the molecule is Nc1cc(C(F)(F)F)ccc1Nc1ccccc1F. The van der Waals surface area contributed by atoms with Crippen LogP contribution in [-0.4, -0.2) is 0 Å². The van der Waals surface area contributed by atoms with Gasteiger partial charge >= 0.3 is 6.18 Å². The van der Waals surface area contributed by atoms with Crippen molar-refractivity contribution < 1.29 is 17.6 Å². The summed E-state index contributed by atoms with van der Waals surface area (Å²) in [4.78, 5) is 0. The molecule has 2 aromatic rings. The van der Waals surface area contributed by atoms with E-state index in [0.717, 1.165) is 12.1 Å². The number of hydrogen-bond acceptors (Lipinski definition) is 2. The lowest BCUT2D eigenvalue weighted by Gasteiger charge is -2.13. The summed E-state index contributed by atoms with van der Waals surface area (Å²) in [5.74, 6) is -0.512. The van der Waals surface area contributed by atoms with Crippen molar-refractivity contribution in [3.8, 4) is 0 Å². The predicted molar refractivity (Wildman–Crippen MR) is 65.5 cm³/mol. The Labute approximate surface area is 106 Å². The lowest BCUT2D eigenvalue weighted by Crippen LogP contribution is -2.07. The Morgan fingerprint density at radius 2 is 1.63 bits per heavy atom. The summed E-state index contributed by atoms with van der Waals surface area (Å²) >= 11 is 0. The molecular weight excluding hydrogens is 260 g/mol. The molecule has 0 radical (unpaired) electrons. The van der Waals surface area contributed by atoms with Crippen LogP contribution >= 0.6 is 0 Å². The molecule has 0 fully saturated rings. The summed E-state index contributed by atoms with van der Waals surface area (Å²) < 4.78 is 50.8. The molecule has 0 bridgehead atoms. The summed E-state index contributed by atoms with van der Waals surface area (Å²) in [6, 6.07) is 8.69. The number of benzene rings is 2. The van der Waals surface area contributed by atoms with Gasteiger partial charge in [0.15, 0.2) is 0 Å². The molecule has 3 N–H and O–H groups in total. The zero-order valence-corrected chi connectivity index (χ0v) is 9.63. The van der Waals surface area contributed by atoms with Crippen molar-refractivity contribution in [3.05, 3.63) is 53.8 Å². The number of para-hydroxylation sites is 1. The van der Waals surface area contributed by atoms with Crippen LogP contribution in [0.5, 0.6) is 0 Å². The Kier molecular flexibility index (Phi) is 3.33. The van der Waals surface area contributed by atoms with E-state index in [-0.39, 0.29) is 17.1 Å². The first-order chi connectivity index (χ1) is 8.88. The number of hydrogen-bond donors (Lipinski definition) is 2. The lowest BCUT2D eigenvalue weighted by molar-refractivity contribution is -0.137. The lowest BCUT2D eigenvalue weighted by atomic mass is 10.1. The van der Waals surface area contributed by atoms with Crippen LogP contribution in [0, 0.1) is 5.82 Å². The third-order valence-electron chi connectivity index (χ3n) is 2.52. The average molecular weight is 270 g/mol. The van der Waals surface area contributed by atoms with Gasteiger partial charge in [0.2, 0.25) is 0 Å². The van der Waals surface area contributed by atoms with Gasteiger partial charge in [0.1, 0.15) is 5.82 Å². The molecule has 0 saturated carbocycles. The molecule has 0 heterocycles. The molecule has 2 nitrogen and oxygen atoms in total. The van der Waals surface area contributed by atoms with Crippen LogP contribution in [0.1, 0.15) is 5.56 Å². The van der Waals surface area contributed by atoms with E-state index >= 15 is 0 Å². The second-order valence-electron chi connectivity index (χ2n) is 3.90. The zero-order chi connectivity index (χ0) is 14.0. The summed E-state index contributed by atoms with van der Waals surface area (Å²) in [7, 11) is 0. The molecule has 2 aromatic carbocycles. The molecule has 19 heavy (non-hydrogen) atoms. The van der Waals surface area contributed by atoms with Gasteiger partial charge in [-0.1, -0.05) is 12.1 Å². The smallest absolute Gasteiger partial charge is 0.397 e. The number of anilines is 3. The molecular formula is C13H10F4N2. The first-order valence-corrected chi connectivity index (χ1v) is 5.36. The van der Waals surface area contributed by atoms with Crippen molar-refractivity contribution in [3.63, 3.8) is 0 Å². The van der Waals surface area contributed by atoms with Gasteiger partial charge in [0, 0.05) is 0 Å². The maximum Gasteiger partial charge on any atom is 0.416 e. The van der Waals surface area contributed by atoms with E-state index in [4.69, 9.17) is 5.73 Å². The van der Waals surface area contributed by atoms with Gasteiger partial charge < -0.3 is 11.1 Å². The first-order valence-electron chi connectivity index (χ1n) is 5.36. The van der Waals surface area contributed by atoms with Gasteiger partial charge in [0.25, 0.3) is 0 Å². The quantitative estimate of drug-likeness (QED) is 0.635. The van der Waals surface area contributed by atoms with E-state index in [2.05, 4.69) is 5.32 Å². The van der Waals surface area contributed by atoms with Crippen molar-refractivity contribution in [2.75, 3.05) is 11.1 Å². The number of nitrogens with two attached hydrogens (primary N) is 1.